The highest BCUT2D eigenvalue weighted by Gasteiger charge is 2.38. The van der Waals surface area contributed by atoms with Gasteiger partial charge in [0.2, 0.25) is 0 Å². The highest BCUT2D eigenvalue weighted by molar-refractivity contribution is 6.41. The van der Waals surface area contributed by atoms with Crippen molar-refractivity contribution in [3.63, 3.8) is 0 Å². The average molecular weight is 280 g/mol. The van der Waals surface area contributed by atoms with E-state index in [1.165, 1.54) is 4.90 Å². The Kier molecular flexibility index (Phi) is 3.44. The Morgan fingerprint density at radius 3 is 2.05 bits per heavy atom. The quantitative estimate of drug-likeness (QED) is 0.792. The summed E-state index contributed by atoms with van der Waals surface area (Å²) in [5, 5.41) is 0. The molecule has 2 aromatic rings. The Balaban J connectivity index is 2.06. The minimum absolute atomic E-state index is 0.163. The van der Waals surface area contributed by atoms with Gasteiger partial charge < -0.3 is 4.90 Å². The van der Waals surface area contributed by atoms with Crippen LogP contribution in [0.1, 0.15) is 11.6 Å². The first kappa shape index (κ1) is 13.4. The third kappa shape index (κ3) is 2.40. The molecule has 0 unspecified atom stereocenters. The summed E-state index contributed by atoms with van der Waals surface area (Å²) in [6, 6.07) is 19.0. The van der Waals surface area contributed by atoms with Gasteiger partial charge in [0.05, 0.1) is 6.04 Å². The lowest BCUT2D eigenvalue weighted by Crippen LogP contribution is -2.54. The molecule has 4 heteroatoms. The van der Waals surface area contributed by atoms with Gasteiger partial charge in [-0.3, -0.25) is 14.5 Å². The van der Waals surface area contributed by atoms with Gasteiger partial charge in [-0.2, -0.15) is 0 Å². The summed E-state index contributed by atoms with van der Waals surface area (Å²) >= 11 is 0. The molecule has 106 valence electrons. The number of carbonyl (C=O) groups excluding carboxylic acids is 2. The van der Waals surface area contributed by atoms with Crippen LogP contribution >= 0.6 is 0 Å². The monoisotopic (exact) mass is 280 g/mol. The van der Waals surface area contributed by atoms with Crippen molar-refractivity contribution >= 4 is 17.5 Å². The normalized spacial score (nSPS) is 19.0. The van der Waals surface area contributed by atoms with Crippen LogP contribution in [0.15, 0.2) is 60.7 Å². The summed E-state index contributed by atoms with van der Waals surface area (Å²) < 4.78 is 0. The van der Waals surface area contributed by atoms with Gasteiger partial charge in [0, 0.05) is 19.3 Å². The van der Waals surface area contributed by atoms with Gasteiger partial charge in [-0.15, -0.1) is 0 Å². The van der Waals surface area contributed by atoms with Crippen LogP contribution in [0.4, 0.5) is 5.69 Å². The molecule has 0 saturated carbocycles. The number of hydrogen-bond acceptors (Lipinski definition) is 2. The summed E-state index contributed by atoms with van der Waals surface area (Å²) in [4.78, 5) is 27.6. The van der Waals surface area contributed by atoms with Gasteiger partial charge in [-0.05, 0) is 17.7 Å². The Morgan fingerprint density at radius 2 is 1.43 bits per heavy atom. The summed E-state index contributed by atoms with van der Waals surface area (Å²) in [5.74, 6) is -0.949. The standard InChI is InChI=1S/C17H16N2O2/c1-18-12-15(13-8-4-2-5-9-13)19(17(21)16(18)20)14-10-6-3-7-11-14/h2-11,15H,12H2,1H3/t15-/m0/s1. The first-order valence-electron chi connectivity index (χ1n) is 6.87. The highest BCUT2D eigenvalue weighted by Crippen LogP contribution is 2.31. The average Bonchev–Trinajstić information content (AvgIpc) is 2.54. The molecule has 0 radical (unpaired) electrons. The number of piperazine rings is 1. The first-order valence-corrected chi connectivity index (χ1v) is 6.87. The fourth-order valence-electron chi connectivity index (χ4n) is 2.65. The minimum Gasteiger partial charge on any atom is -0.335 e. The molecule has 0 bridgehead atoms. The number of nitrogens with zero attached hydrogens (tertiary/aromatic N) is 2. The van der Waals surface area contributed by atoms with Crippen molar-refractivity contribution in [2.45, 2.75) is 6.04 Å². The minimum atomic E-state index is -0.483. The second-order valence-corrected chi connectivity index (χ2v) is 5.12. The Hall–Kier alpha value is -2.62. The van der Waals surface area contributed by atoms with E-state index < -0.39 is 11.8 Å². The highest BCUT2D eigenvalue weighted by atomic mass is 16.2. The molecule has 0 aromatic heterocycles. The van der Waals surface area contributed by atoms with Crippen LogP contribution in [-0.2, 0) is 9.59 Å². The summed E-state index contributed by atoms with van der Waals surface area (Å²) in [6.45, 7) is 0.490. The fourth-order valence-corrected chi connectivity index (χ4v) is 2.65. The van der Waals surface area contributed by atoms with Crippen LogP contribution in [0.3, 0.4) is 0 Å². The van der Waals surface area contributed by atoms with E-state index in [9.17, 15) is 9.59 Å². The van der Waals surface area contributed by atoms with Gasteiger partial charge in [-0.1, -0.05) is 48.5 Å². The van der Waals surface area contributed by atoms with Gasteiger partial charge in [0.15, 0.2) is 0 Å². The third-order valence-corrected chi connectivity index (χ3v) is 3.73. The summed E-state index contributed by atoms with van der Waals surface area (Å²) in [7, 11) is 1.67. The Morgan fingerprint density at radius 1 is 0.857 bits per heavy atom. The first-order chi connectivity index (χ1) is 10.2. The molecule has 1 aliphatic heterocycles. The van der Waals surface area contributed by atoms with Crippen molar-refractivity contribution in [3.8, 4) is 0 Å². The van der Waals surface area contributed by atoms with E-state index in [2.05, 4.69) is 0 Å². The molecule has 2 aromatic carbocycles. The van der Waals surface area contributed by atoms with Crippen molar-refractivity contribution in [3.05, 3.63) is 66.2 Å². The number of rotatable bonds is 2. The summed E-state index contributed by atoms with van der Waals surface area (Å²) in [5.41, 5.74) is 1.77. The molecule has 0 spiro atoms. The molecule has 1 heterocycles. The van der Waals surface area contributed by atoms with E-state index in [1.54, 1.807) is 11.9 Å². The lowest BCUT2D eigenvalue weighted by Gasteiger charge is -2.39. The largest absolute Gasteiger partial charge is 0.335 e. The molecule has 2 amide bonds. The lowest BCUT2D eigenvalue weighted by molar-refractivity contribution is -0.146. The lowest BCUT2D eigenvalue weighted by atomic mass is 10.0. The van der Waals surface area contributed by atoms with Gasteiger partial charge in [-0.25, -0.2) is 0 Å². The molecule has 1 atom stereocenters. The number of hydrogen-bond donors (Lipinski definition) is 0. The van der Waals surface area contributed by atoms with Crippen LogP contribution in [0.25, 0.3) is 0 Å². The second kappa shape index (κ2) is 5.40. The van der Waals surface area contributed by atoms with Gasteiger partial charge in [0.1, 0.15) is 0 Å². The number of carbonyl (C=O) groups is 2. The topological polar surface area (TPSA) is 40.6 Å². The molecule has 1 aliphatic rings. The molecule has 0 aliphatic carbocycles. The maximum Gasteiger partial charge on any atom is 0.317 e. The predicted molar refractivity (Wildman–Crippen MR) is 80.7 cm³/mol. The number of likely N-dealkylation sites (N-methyl/N-ethyl adjacent to an activating group) is 1. The zero-order valence-corrected chi connectivity index (χ0v) is 11.8. The maximum atomic E-state index is 12.5. The SMILES string of the molecule is CN1C[C@@H](c2ccccc2)N(c2ccccc2)C(=O)C1=O. The summed E-state index contributed by atoms with van der Waals surface area (Å²) in [6.07, 6.45) is 0. The van der Waals surface area contributed by atoms with E-state index >= 15 is 0 Å². The molecule has 4 nitrogen and oxygen atoms in total. The smallest absolute Gasteiger partial charge is 0.317 e. The zero-order valence-electron chi connectivity index (χ0n) is 11.8. The molecule has 1 fully saturated rings. The van der Waals surface area contributed by atoms with Gasteiger partial charge in [0.25, 0.3) is 0 Å². The van der Waals surface area contributed by atoms with Crippen LogP contribution in [-0.4, -0.2) is 30.3 Å². The van der Waals surface area contributed by atoms with Crippen molar-refractivity contribution in [1.82, 2.24) is 4.90 Å². The van der Waals surface area contributed by atoms with Crippen molar-refractivity contribution < 1.29 is 9.59 Å². The van der Waals surface area contributed by atoms with E-state index in [1.807, 2.05) is 60.7 Å². The van der Waals surface area contributed by atoms with E-state index in [4.69, 9.17) is 0 Å². The van der Waals surface area contributed by atoms with Crippen molar-refractivity contribution in [2.24, 2.45) is 0 Å². The maximum absolute atomic E-state index is 12.5. The van der Waals surface area contributed by atoms with Crippen molar-refractivity contribution in [1.29, 1.82) is 0 Å². The number of para-hydroxylation sites is 1. The van der Waals surface area contributed by atoms with Crippen LogP contribution in [0, 0.1) is 0 Å². The van der Waals surface area contributed by atoms with Crippen LogP contribution in [0.5, 0.6) is 0 Å². The van der Waals surface area contributed by atoms with E-state index in [0.29, 0.717) is 6.54 Å². The molecule has 0 N–H and O–H groups in total. The van der Waals surface area contributed by atoms with Crippen LogP contribution < -0.4 is 4.90 Å². The zero-order chi connectivity index (χ0) is 14.8. The van der Waals surface area contributed by atoms with E-state index in [-0.39, 0.29) is 6.04 Å². The molecular weight excluding hydrogens is 264 g/mol. The van der Waals surface area contributed by atoms with Gasteiger partial charge >= 0.3 is 11.8 Å². The predicted octanol–water partition coefficient (Wildman–Crippen LogP) is 2.23. The van der Waals surface area contributed by atoms with Crippen LogP contribution in [0.2, 0.25) is 0 Å². The number of amides is 2. The van der Waals surface area contributed by atoms with E-state index in [0.717, 1.165) is 11.3 Å². The fraction of sp³-hybridized carbons (Fsp3) is 0.176. The second-order valence-electron chi connectivity index (χ2n) is 5.12. The Bertz CT molecular complexity index is 655. The molecular formula is C17H16N2O2. The molecule has 21 heavy (non-hydrogen) atoms. The third-order valence-electron chi connectivity index (χ3n) is 3.73. The molecule has 1 saturated heterocycles. The number of benzene rings is 2. The molecule has 3 rings (SSSR count). The number of anilines is 1. The Labute approximate surface area is 123 Å². The van der Waals surface area contributed by atoms with Crippen molar-refractivity contribution in [2.75, 3.05) is 18.5 Å².